The molecule has 3 N–H and O–H groups in total. The van der Waals surface area contributed by atoms with E-state index in [0.717, 1.165) is 17.5 Å². The Morgan fingerprint density at radius 3 is 2.54 bits per heavy atom. The number of nitrogens with zero attached hydrogens (tertiary/aromatic N) is 3. The molecule has 46 heavy (non-hydrogen) atoms. The highest BCUT2D eigenvalue weighted by Crippen LogP contribution is 2.26. The number of hydrogen-bond acceptors (Lipinski definition) is 7. The number of anilines is 1. The molecule has 1 aromatic carbocycles. The fraction of sp³-hybridized carbons (Fsp3) is 0.529. The molecule has 0 bridgehead atoms. The largest absolute Gasteiger partial charge is 0.481 e. The number of likely N-dealkylation sites (tertiary alicyclic amines) is 1. The molecule has 1 fully saturated rings. The maximum absolute atomic E-state index is 13.5. The van der Waals surface area contributed by atoms with Crippen LogP contribution in [0, 0.1) is 5.92 Å². The first kappa shape index (κ1) is 36.0. The van der Waals surface area contributed by atoms with E-state index in [1.54, 1.807) is 45.0 Å². The molecule has 2 heterocycles. The minimum absolute atomic E-state index is 0.0130. The summed E-state index contributed by atoms with van der Waals surface area (Å²) in [6.45, 7) is 7.96. The number of aryl methyl sites for hydroxylation is 1. The zero-order valence-electron chi connectivity index (χ0n) is 27.6. The van der Waals surface area contributed by atoms with Crippen molar-refractivity contribution in [2.45, 2.75) is 78.2 Å². The molecule has 1 unspecified atom stereocenters. The summed E-state index contributed by atoms with van der Waals surface area (Å²) in [5.74, 6) is -2.04. The Morgan fingerprint density at radius 1 is 1.11 bits per heavy atom. The maximum Gasteiger partial charge on any atom is 0.410 e. The number of ether oxygens (including phenoxy) is 1. The molecule has 1 saturated heterocycles. The SMILES string of the molecule is CCc1cccc(-c2cnc(C(=O)NCCCCCC(=O)O)c(NC(=O)CN(CC3CCN(C)C(=O)C3)C(=O)OC(C)(C)C)c2)c1. The zero-order valence-corrected chi connectivity index (χ0v) is 27.6. The van der Waals surface area contributed by atoms with Crippen molar-refractivity contribution in [1.29, 1.82) is 0 Å². The molecule has 0 spiro atoms. The van der Waals surface area contributed by atoms with Gasteiger partial charge in [0.2, 0.25) is 11.8 Å². The summed E-state index contributed by atoms with van der Waals surface area (Å²) < 4.78 is 5.59. The lowest BCUT2D eigenvalue weighted by molar-refractivity contribution is -0.137. The van der Waals surface area contributed by atoms with E-state index in [1.807, 2.05) is 24.3 Å². The number of rotatable bonds is 14. The van der Waals surface area contributed by atoms with Gasteiger partial charge in [0.15, 0.2) is 5.69 Å². The predicted molar refractivity (Wildman–Crippen MR) is 174 cm³/mol. The van der Waals surface area contributed by atoms with Crippen molar-refractivity contribution in [2.24, 2.45) is 5.92 Å². The molecule has 2 aromatic rings. The van der Waals surface area contributed by atoms with E-state index < -0.39 is 29.5 Å². The number of unbranched alkanes of at least 4 members (excludes halogenated alkanes) is 2. The van der Waals surface area contributed by atoms with E-state index in [-0.39, 0.29) is 49.1 Å². The van der Waals surface area contributed by atoms with E-state index in [9.17, 15) is 24.0 Å². The van der Waals surface area contributed by atoms with E-state index in [1.165, 1.54) is 4.90 Å². The minimum Gasteiger partial charge on any atom is -0.481 e. The molecule has 12 heteroatoms. The smallest absolute Gasteiger partial charge is 0.410 e. The first-order valence-electron chi connectivity index (χ1n) is 15.9. The second-order valence-corrected chi connectivity index (χ2v) is 12.7. The van der Waals surface area contributed by atoms with Gasteiger partial charge in [0.05, 0.1) is 5.69 Å². The van der Waals surface area contributed by atoms with Crippen molar-refractivity contribution < 1.29 is 33.8 Å². The first-order chi connectivity index (χ1) is 21.8. The van der Waals surface area contributed by atoms with Crippen LogP contribution in [-0.4, -0.2) is 88.5 Å². The van der Waals surface area contributed by atoms with Crippen molar-refractivity contribution in [3.63, 3.8) is 0 Å². The van der Waals surface area contributed by atoms with Crippen molar-refractivity contribution in [1.82, 2.24) is 20.1 Å². The Bertz CT molecular complexity index is 1400. The number of carbonyl (C=O) groups is 5. The van der Waals surface area contributed by atoms with Gasteiger partial charge in [0.1, 0.15) is 12.1 Å². The summed E-state index contributed by atoms with van der Waals surface area (Å²) in [4.78, 5) is 70.4. The van der Waals surface area contributed by atoms with Gasteiger partial charge < -0.3 is 25.4 Å². The fourth-order valence-corrected chi connectivity index (χ4v) is 5.10. The van der Waals surface area contributed by atoms with Gasteiger partial charge >= 0.3 is 12.1 Å². The molecular formula is C34H47N5O7. The summed E-state index contributed by atoms with van der Waals surface area (Å²) in [6, 6.07) is 9.58. The van der Waals surface area contributed by atoms with Crippen LogP contribution in [0.15, 0.2) is 36.5 Å². The van der Waals surface area contributed by atoms with Crippen LogP contribution >= 0.6 is 0 Å². The lowest BCUT2D eigenvalue weighted by atomic mass is 9.96. The number of hydrogen-bond donors (Lipinski definition) is 3. The molecule has 0 saturated carbocycles. The maximum atomic E-state index is 13.5. The molecule has 0 aliphatic carbocycles. The third kappa shape index (κ3) is 11.5. The second-order valence-electron chi connectivity index (χ2n) is 12.7. The Labute approximate surface area is 270 Å². The number of aliphatic carboxylic acids is 1. The van der Waals surface area contributed by atoms with Crippen molar-refractivity contribution >= 4 is 35.5 Å². The molecule has 0 radical (unpaired) electrons. The highest BCUT2D eigenvalue weighted by molar-refractivity contribution is 6.03. The molecular weight excluding hydrogens is 590 g/mol. The molecule has 3 rings (SSSR count). The second kappa shape index (κ2) is 16.7. The van der Waals surface area contributed by atoms with E-state index in [4.69, 9.17) is 9.84 Å². The summed E-state index contributed by atoms with van der Waals surface area (Å²) >= 11 is 0. The molecule has 12 nitrogen and oxygen atoms in total. The van der Waals surface area contributed by atoms with Crippen LogP contribution in [0.2, 0.25) is 0 Å². The molecule has 250 valence electrons. The first-order valence-corrected chi connectivity index (χ1v) is 15.9. The number of carboxylic acid groups (broad SMARTS) is 1. The van der Waals surface area contributed by atoms with Crippen LogP contribution in [0.25, 0.3) is 11.1 Å². The van der Waals surface area contributed by atoms with E-state index in [2.05, 4.69) is 22.5 Å². The van der Waals surface area contributed by atoms with Crippen molar-refractivity contribution in [2.75, 3.05) is 38.5 Å². The van der Waals surface area contributed by atoms with Gasteiger partial charge in [-0.2, -0.15) is 0 Å². The van der Waals surface area contributed by atoms with Gasteiger partial charge in [0.25, 0.3) is 5.91 Å². The minimum atomic E-state index is -0.858. The average molecular weight is 638 g/mol. The lowest BCUT2D eigenvalue weighted by Crippen LogP contribution is -2.46. The number of piperidine rings is 1. The summed E-state index contributed by atoms with van der Waals surface area (Å²) in [6.07, 6.45) is 4.51. The van der Waals surface area contributed by atoms with Crippen LogP contribution in [0.3, 0.4) is 0 Å². The monoisotopic (exact) mass is 637 g/mol. The Hall–Kier alpha value is -4.48. The van der Waals surface area contributed by atoms with Gasteiger partial charge in [-0.25, -0.2) is 9.78 Å². The quantitative estimate of drug-likeness (QED) is 0.251. The van der Waals surface area contributed by atoms with Crippen molar-refractivity contribution in [3.05, 3.63) is 47.8 Å². The summed E-state index contributed by atoms with van der Waals surface area (Å²) in [7, 11) is 1.74. The predicted octanol–water partition coefficient (Wildman–Crippen LogP) is 4.73. The van der Waals surface area contributed by atoms with Gasteiger partial charge in [0, 0.05) is 51.3 Å². The van der Waals surface area contributed by atoms with Crippen LogP contribution < -0.4 is 10.6 Å². The fourth-order valence-electron chi connectivity index (χ4n) is 5.10. The summed E-state index contributed by atoms with van der Waals surface area (Å²) in [5, 5.41) is 14.4. The van der Waals surface area contributed by atoms with Crippen molar-refractivity contribution in [3.8, 4) is 11.1 Å². The standard InChI is InChI=1S/C34H47N5O7/c1-6-23-11-10-12-25(17-23)26-19-27(31(36-20-26)32(44)35-15-9-7-8-13-30(42)43)37-28(40)22-39(33(45)46-34(2,3)4)21-24-14-16-38(5)29(41)18-24/h10-12,17,19-20,24H,6-9,13-16,18,21-22H2,1-5H3,(H,35,44)(H,37,40)(H,42,43). The van der Waals surface area contributed by atoms with E-state index >= 15 is 0 Å². The van der Waals surface area contributed by atoms with Crippen LogP contribution in [0.1, 0.15) is 82.3 Å². The van der Waals surface area contributed by atoms with Crippen LogP contribution in [0.4, 0.5) is 10.5 Å². The van der Waals surface area contributed by atoms with Crippen LogP contribution in [-0.2, 0) is 25.5 Å². The topological polar surface area (TPSA) is 158 Å². The molecule has 1 atom stereocenters. The third-order valence-electron chi connectivity index (χ3n) is 7.62. The number of benzene rings is 1. The number of pyridine rings is 1. The number of nitrogens with one attached hydrogen (secondary N) is 2. The Morgan fingerprint density at radius 2 is 1.87 bits per heavy atom. The molecule has 4 amide bonds. The average Bonchev–Trinajstić information content (AvgIpc) is 2.99. The molecule has 1 aliphatic rings. The van der Waals surface area contributed by atoms with Crippen LogP contribution in [0.5, 0.6) is 0 Å². The Kier molecular flexibility index (Phi) is 13.1. The zero-order chi connectivity index (χ0) is 33.9. The lowest BCUT2D eigenvalue weighted by Gasteiger charge is -2.33. The van der Waals surface area contributed by atoms with E-state index in [0.29, 0.717) is 44.3 Å². The molecule has 1 aliphatic heterocycles. The van der Waals surface area contributed by atoms with Gasteiger partial charge in [-0.3, -0.25) is 24.1 Å². The summed E-state index contributed by atoms with van der Waals surface area (Å²) in [5.41, 5.74) is 2.09. The third-order valence-corrected chi connectivity index (χ3v) is 7.62. The number of carbonyl (C=O) groups excluding carboxylic acids is 4. The number of carboxylic acids is 1. The number of amides is 4. The molecule has 1 aromatic heterocycles. The Balaban J connectivity index is 1.82. The normalized spacial score (nSPS) is 14.8. The highest BCUT2D eigenvalue weighted by Gasteiger charge is 2.30. The van der Waals surface area contributed by atoms with Gasteiger partial charge in [-0.15, -0.1) is 0 Å². The highest BCUT2D eigenvalue weighted by atomic mass is 16.6. The van der Waals surface area contributed by atoms with Gasteiger partial charge in [-0.1, -0.05) is 37.6 Å². The van der Waals surface area contributed by atoms with Gasteiger partial charge in [-0.05, 0) is 69.6 Å². The number of aromatic nitrogens is 1.